The monoisotopic (exact) mass is 521 g/mol. The van der Waals surface area contributed by atoms with Crippen LogP contribution in [-0.2, 0) is 20.0 Å². The van der Waals surface area contributed by atoms with E-state index in [-0.39, 0.29) is 23.5 Å². The first-order valence-corrected chi connectivity index (χ1v) is 13.4. The van der Waals surface area contributed by atoms with Crippen molar-refractivity contribution < 1.29 is 16.8 Å². The number of aromatic nitrogens is 5. The summed E-state index contributed by atoms with van der Waals surface area (Å²) in [7, 11) is -8.96. The van der Waals surface area contributed by atoms with Gasteiger partial charge in [0, 0.05) is 12.1 Å². The van der Waals surface area contributed by atoms with Crippen molar-refractivity contribution in [2.24, 2.45) is 10.1 Å². The molecule has 0 fully saturated rings. The van der Waals surface area contributed by atoms with Gasteiger partial charge in [0.25, 0.3) is 0 Å². The quantitative estimate of drug-likeness (QED) is 0.240. The average Bonchev–Trinajstić information content (AvgIpc) is 3.44. The standard InChI is InChI=1S/C18H19N9O4S3/c1-9(21-2)8-22-34(30,31)13-7-6-10(11-4-3-5-12-15(11)23-18(19)32-12)14(16(13)33(20,28)29)17-24-26-27-25-17/h3-7,9,22H,2,8H2,1H3,(H2,19,23)(H2,20,28,29)(H,24,25,26,27). The Bertz CT molecular complexity index is 1600. The third-order valence-corrected chi connectivity index (χ3v) is 8.31. The number of hydrogen-bond acceptors (Lipinski definition) is 11. The molecule has 0 radical (unpaired) electrons. The lowest BCUT2D eigenvalue weighted by Crippen LogP contribution is -2.32. The first kappa shape index (κ1) is 23.8. The Morgan fingerprint density at radius 3 is 2.62 bits per heavy atom. The highest BCUT2D eigenvalue weighted by atomic mass is 32.2. The molecule has 2 aromatic heterocycles. The molecule has 178 valence electrons. The van der Waals surface area contributed by atoms with Gasteiger partial charge in [-0.25, -0.2) is 31.7 Å². The van der Waals surface area contributed by atoms with Crippen LogP contribution in [0.15, 0.2) is 45.1 Å². The fraction of sp³-hybridized carbons (Fsp3) is 0.167. The molecule has 1 atom stereocenters. The Hall–Kier alpha value is -3.31. The van der Waals surface area contributed by atoms with E-state index in [1.54, 1.807) is 25.1 Å². The summed E-state index contributed by atoms with van der Waals surface area (Å²) >= 11 is 1.25. The van der Waals surface area contributed by atoms with Crippen molar-refractivity contribution in [2.75, 3.05) is 12.3 Å². The Kier molecular flexibility index (Phi) is 6.17. The maximum absolute atomic E-state index is 13.1. The molecule has 0 amide bonds. The van der Waals surface area contributed by atoms with Crippen LogP contribution in [0, 0.1) is 0 Å². The average molecular weight is 522 g/mol. The molecular formula is C18H19N9O4S3. The highest BCUT2D eigenvalue weighted by molar-refractivity contribution is 7.92. The van der Waals surface area contributed by atoms with E-state index < -0.39 is 35.9 Å². The topological polar surface area (TPSA) is 212 Å². The van der Waals surface area contributed by atoms with Crippen LogP contribution in [-0.4, -0.2) is 61.7 Å². The zero-order valence-corrected chi connectivity index (χ0v) is 20.1. The number of benzene rings is 2. The number of hydrogen-bond donors (Lipinski definition) is 4. The van der Waals surface area contributed by atoms with E-state index in [1.807, 2.05) is 0 Å². The van der Waals surface area contributed by atoms with Gasteiger partial charge in [0.1, 0.15) is 9.79 Å². The minimum Gasteiger partial charge on any atom is -0.375 e. The number of nitrogen functional groups attached to an aromatic ring is 1. The molecule has 0 aliphatic carbocycles. The maximum Gasteiger partial charge on any atom is 0.242 e. The van der Waals surface area contributed by atoms with Gasteiger partial charge in [-0.2, -0.15) is 5.21 Å². The van der Waals surface area contributed by atoms with Gasteiger partial charge in [-0.3, -0.25) is 4.99 Å². The number of tetrazole rings is 1. The Morgan fingerprint density at radius 2 is 1.97 bits per heavy atom. The minimum absolute atomic E-state index is 0.105. The lowest BCUT2D eigenvalue weighted by Gasteiger charge is -2.17. The van der Waals surface area contributed by atoms with E-state index in [9.17, 15) is 16.8 Å². The highest BCUT2D eigenvalue weighted by Gasteiger charge is 2.32. The van der Waals surface area contributed by atoms with E-state index in [4.69, 9.17) is 10.9 Å². The number of nitrogens with one attached hydrogen (secondary N) is 2. The molecule has 0 aliphatic rings. The number of nitrogens with two attached hydrogens (primary N) is 2. The van der Waals surface area contributed by atoms with Crippen LogP contribution in [0.25, 0.3) is 32.7 Å². The van der Waals surface area contributed by atoms with Crippen LogP contribution >= 0.6 is 11.3 Å². The van der Waals surface area contributed by atoms with E-state index >= 15 is 0 Å². The lowest BCUT2D eigenvalue weighted by atomic mass is 9.98. The molecule has 1 unspecified atom stereocenters. The third-order valence-electron chi connectivity index (χ3n) is 4.87. The number of rotatable bonds is 8. The highest BCUT2D eigenvalue weighted by Crippen LogP contribution is 2.41. The van der Waals surface area contributed by atoms with Gasteiger partial charge < -0.3 is 5.73 Å². The number of anilines is 1. The largest absolute Gasteiger partial charge is 0.375 e. The van der Waals surface area contributed by atoms with Gasteiger partial charge >= 0.3 is 0 Å². The summed E-state index contributed by atoms with van der Waals surface area (Å²) in [4.78, 5) is 6.82. The first-order valence-electron chi connectivity index (χ1n) is 9.57. The number of primary sulfonamides is 1. The summed E-state index contributed by atoms with van der Waals surface area (Å²) in [5.74, 6) is -0.169. The lowest BCUT2D eigenvalue weighted by molar-refractivity contribution is 0.568. The summed E-state index contributed by atoms with van der Waals surface area (Å²) in [5.41, 5.74) is 6.98. The number of nitrogens with zero attached hydrogens (tertiary/aromatic N) is 5. The molecule has 13 nitrogen and oxygen atoms in total. The van der Waals surface area contributed by atoms with Crippen LogP contribution < -0.4 is 15.6 Å². The van der Waals surface area contributed by atoms with E-state index in [2.05, 4.69) is 42.0 Å². The molecular weight excluding hydrogens is 502 g/mol. The minimum atomic E-state index is -4.62. The SMILES string of the molecule is C=NC(C)CNS(=O)(=O)c1ccc(-c2cccc3sc(N)nc23)c(-c2nn[nH]n2)c1S(N)(=O)=O. The fourth-order valence-corrected chi connectivity index (χ4v) is 6.81. The van der Waals surface area contributed by atoms with E-state index in [1.165, 1.54) is 17.4 Å². The number of fused-ring (bicyclic) bond motifs is 1. The molecule has 2 aromatic carbocycles. The van der Waals surface area contributed by atoms with Crippen LogP contribution in [0.2, 0.25) is 0 Å². The van der Waals surface area contributed by atoms with Crippen molar-refractivity contribution in [3.63, 3.8) is 0 Å². The summed E-state index contributed by atoms with van der Waals surface area (Å²) in [6, 6.07) is 7.38. The maximum atomic E-state index is 13.1. The smallest absolute Gasteiger partial charge is 0.242 e. The summed E-state index contributed by atoms with van der Waals surface area (Å²) < 4.78 is 54.9. The zero-order chi connectivity index (χ0) is 24.7. The van der Waals surface area contributed by atoms with Gasteiger partial charge in [0.15, 0.2) is 5.13 Å². The van der Waals surface area contributed by atoms with Gasteiger partial charge in [0.2, 0.25) is 25.9 Å². The Balaban J connectivity index is 2.07. The molecule has 4 rings (SSSR count). The van der Waals surface area contributed by atoms with E-state index in [0.717, 1.165) is 10.8 Å². The van der Waals surface area contributed by atoms with Crippen molar-refractivity contribution in [3.8, 4) is 22.5 Å². The molecule has 0 spiro atoms. The normalized spacial score (nSPS) is 13.2. The van der Waals surface area contributed by atoms with E-state index in [0.29, 0.717) is 16.2 Å². The fourth-order valence-electron chi connectivity index (χ4n) is 3.33. The number of aromatic amines is 1. The van der Waals surface area contributed by atoms with Crippen LogP contribution in [0.3, 0.4) is 0 Å². The number of sulfonamides is 2. The summed E-state index contributed by atoms with van der Waals surface area (Å²) in [6.07, 6.45) is 0. The van der Waals surface area contributed by atoms with Crippen molar-refractivity contribution >= 4 is 53.4 Å². The Labute approximate surface area is 198 Å². The van der Waals surface area contributed by atoms with Crippen molar-refractivity contribution in [1.29, 1.82) is 0 Å². The van der Waals surface area contributed by atoms with Gasteiger partial charge in [-0.1, -0.05) is 29.5 Å². The third kappa shape index (κ3) is 4.40. The van der Waals surface area contributed by atoms with Gasteiger partial charge in [0.05, 0.1) is 21.8 Å². The zero-order valence-electron chi connectivity index (χ0n) is 17.6. The Morgan fingerprint density at radius 1 is 1.21 bits per heavy atom. The number of H-pyrrole nitrogens is 1. The van der Waals surface area contributed by atoms with Gasteiger partial charge in [-0.05, 0) is 36.6 Å². The summed E-state index contributed by atoms with van der Waals surface area (Å²) in [6.45, 7) is 4.91. The van der Waals surface area contributed by atoms with Gasteiger partial charge in [-0.15, -0.1) is 10.2 Å². The molecule has 0 bridgehead atoms. The second kappa shape index (κ2) is 8.80. The predicted molar refractivity (Wildman–Crippen MR) is 128 cm³/mol. The van der Waals surface area contributed by atoms with Crippen LogP contribution in [0.4, 0.5) is 5.13 Å². The van der Waals surface area contributed by atoms with Crippen LogP contribution in [0.5, 0.6) is 0 Å². The molecule has 4 aromatic rings. The molecule has 16 heteroatoms. The van der Waals surface area contributed by atoms with Crippen molar-refractivity contribution in [3.05, 3.63) is 30.3 Å². The number of thiazole rings is 1. The molecule has 6 N–H and O–H groups in total. The predicted octanol–water partition coefficient (Wildman–Crippen LogP) is 0.740. The first-order chi connectivity index (χ1) is 16.0. The number of aliphatic imine (C=N–C) groups is 1. The molecule has 0 saturated carbocycles. The van der Waals surface area contributed by atoms with Crippen molar-refractivity contribution in [2.45, 2.75) is 22.8 Å². The van der Waals surface area contributed by atoms with Crippen LogP contribution in [0.1, 0.15) is 6.92 Å². The molecule has 34 heavy (non-hydrogen) atoms. The molecule has 0 saturated heterocycles. The second-order valence-corrected chi connectivity index (χ2v) is 11.5. The molecule has 0 aliphatic heterocycles. The second-order valence-electron chi connectivity index (χ2n) is 7.18. The molecule has 2 heterocycles. The van der Waals surface area contributed by atoms with Crippen molar-refractivity contribution in [1.82, 2.24) is 30.3 Å². The number of para-hydroxylation sites is 1. The summed E-state index contributed by atoms with van der Waals surface area (Å²) in [5, 5.41) is 19.4.